The first-order valence-electron chi connectivity index (χ1n) is 9.58. The summed E-state index contributed by atoms with van der Waals surface area (Å²) in [5, 5.41) is 6.68. The number of hydrazone groups is 1. The fourth-order valence-electron chi connectivity index (χ4n) is 3.88. The zero-order chi connectivity index (χ0) is 20.0. The predicted molar refractivity (Wildman–Crippen MR) is 116 cm³/mol. The van der Waals surface area contributed by atoms with Gasteiger partial charge in [-0.05, 0) is 30.7 Å². The number of benzene rings is 3. The van der Waals surface area contributed by atoms with Gasteiger partial charge in [0.1, 0.15) is 5.75 Å². The summed E-state index contributed by atoms with van der Waals surface area (Å²) in [5.74, 6) is 0.662. The summed E-state index contributed by atoms with van der Waals surface area (Å²) in [7, 11) is 0. The molecule has 0 spiro atoms. The molecule has 2 aliphatic rings. The normalized spacial score (nSPS) is 19.8. The van der Waals surface area contributed by atoms with Crippen molar-refractivity contribution in [1.82, 2.24) is 5.01 Å². The number of Topliss-reactive ketones (excluding diaryl/α,β-unsaturated/α-hetero) is 1. The van der Waals surface area contributed by atoms with Gasteiger partial charge >= 0.3 is 0 Å². The van der Waals surface area contributed by atoms with Crippen LogP contribution < -0.4 is 4.74 Å². The zero-order valence-electron chi connectivity index (χ0n) is 15.9. The molecule has 0 aliphatic carbocycles. The van der Waals surface area contributed by atoms with Crippen LogP contribution in [0.1, 0.15) is 39.5 Å². The first-order chi connectivity index (χ1) is 14.1. The van der Waals surface area contributed by atoms with Gasteiger partial charge in [0.15, 0.2) is 0 Å². The van der Waals surface area contributed by atoms with Gasteiger partial charge in [-0.2, -0.15) is 5.10 Å². The maximum Gasteiger partial charge on any atom is 0.251 e. The highest BCUT2D eigenvalue weighted by atomic mass is 79.9. The number of hydrogen-bond donors (Lipinski definition) is 0. The monoisotopic (exact) mass is 446 g/mol. The van der Waals surface area contributed by atoms with Crippen LogP contribution in [-0.2, 0) is 0 Å². The molecule has 0 fully saturated rings. The lowest BCUT2D eigenvalue weighted by molar-refractivity contribution is -0.00455. The van der Waals surface area contributed by atoms with Gasteiger partial charge in [0.25, 0.3) is 6.23 Å². The average Bonchev–Trinajstić information content (AvgIpc) is 3.19. The highest BCUT2D eigenvalue weighted by molar-refractivity contribution is 9.10. The Balaban J connectivity index is 1.55. The molecule has 2 heterocycles. The van der Waals surface area contributed by atoms with Gasteiger partial charge in [-0.1, -0.05) is 76.1 Å². The van der Waals surface area contributed by atoms with Gasteiger partial charge in [-0.3, -0.25) is 4.79 Å². The summed E-state index contributed by atoms with van der Waals surface area (Å²) in [6, 6.07) is 23.6. The van der Waals surface area contributed by atoms with Crippen LogP contribution in [0.3, 0.4) is 0 Å². The number of carbonyl (C=O) groups is 1. The van der Waals surface area contributed by atoms with E-state index < -0.39 is 6.23 Å². The lowest BCUT2D eigenvalue weighted by Crippen LogP contribution is -2.45. The maximum absolute atomic E-state index is 13.3. The molecular weight excluding hydrogens is 428 g/mol. The minimum atomic E-state index is -0.779. The van der Waals surface area contributed by atoms with Crippen molar-refractivity contribution >= 4 is 27.4 Å². The molecule has 0 amide bonds. The van der Waals surface area contributed by atoms with Gasteiger partial charge < -0.3 is 4.74 Å². The number of ketones is 1. The summed E-state index contributed by atoms with van der Waals surface area (Å²) < 4.78 is 7.09. The van der Waals surface area contributed by atoms with Crippen LogP contribution in [-0.4, -0.2) is 22.7 Å². The Labute approximate surface area is 177 Å². The fourth-order valence-corrected chi connectivity index (χ4v) is 4.15. The van der Waals surface area contributed by atoms with Gasteiger partial charge in [0, 0.05) is 22.0 Å². The molecule has 3 aromatic rings. The second-order valence-corrected chi connectivity index (χ2v) is 8.31. The number of rotatable bonds is 3. The SMILES string of the molecule is Cc1ccc(C2=NN3[C@@H](C(=O)c4ccc(Br)cc4)Oc4ccccc4[C@@H]3C2)cc1. The Morgan fingerprint density at radius 3 is 2.52 bits per heavy atom. The Morgan fingerprint density at radius 2 is 1.76 bits per heavy atom. The van der Waals surface area contributed by atoms with Crippen molar-refractivity contribution in [2.75, 3.05) is 0 Å². The predicted octanol–water partition coefficient (Wildman–Crippen LogP) is 5.51. The lowest BCUT2D eigenvalue weighted by atomic mass is 9.95. The van der Waals surface area contributed by atoms with E-state index in [0.29, 0.717) is 5.56 Å². The molecule has 2 atom stereocenters. The van der Waals surface area contributed by atoms with E-state index in [4.69, 9.17) is 9.84 Å². The highest BCUT2D eigenvalue weighted by Gasteiger charge is 2.43. The lowest BCUT2D eigenvalue weighted by Gasteiger charge is -2.37. The van der Waals surface area contributed by atoms with Crippen LogP contribution in [0.4, 0.5) is 0 Å². The van der Waals surface area contributed by atoms with Crippen molar-refractivity contribution in [3.05, 3.63) is 99.5 Å². The minimum Gasteiger partial charge on any atom is -0.461 e. The number of para-hydroxylation sites is 1. The van der Waals surface area contributed by atoms with Crippen LogP contribution in [0.15, 0.2) is 82.4 Å². The summed E-state index contributed by atoms with van der Waals surface area (Å²) in [6.07, 6.45) is -0.0351. The Bertz CT molecular complexity index is 1110. The number of ether oxygens (including phenoxy) is 1. The van der Waals surface area contributed by atoms with E-state index in [1.807, 2.05) is 47.5 Å². The van der Waals surface area contributed by atoms with Gasteiger partial charge in [-0.25, -0.2) is 5.01 Å². The van der Waals surface area contributed by atoms with E-state index in [9.17, 15) is 4.79 Å². The van der Waals surface area contributed by atoms with Crippen LogP contribution in [0.5, 0.6) is 5.75 Å². The molecule has 144 valence electrons. The standard InChI is InChI=1S/C24H19BrN2O2/c1-15-6-8-16(9-7-15)20-14-21-19-4-2-3-5-22(19)29-24(27(21)26-20)23(28)17-10-12-18(25)13-11-17/h2-13,21,24H,14H2,1H3/t21-,24+/m0/s1. The molecule has 0 N–H and O–H groups in total. The Hall–Kier alpha value is -2.92. The quantitative estimate of drug-likeness (QED) is 0.498. The van der Waals surface area contributed by atoms with E-state index in [1.165, 1.54) is 5.56 Å². The molecule has 5 rings (SSSR count). The smallest absolute Gasteiger partial charge is 0.251 e. The molecule has 4 nitrogen and oxygen atoms in total. The molecular formula is C24H19BrN2O2. The molecule has 0 saturated heterocycles. The third kappa shape index (κ3) is 3.25. The van der Waals surface area contributed by atoms with Crippen molar-refractivity contribution in [3.63, 3.8) is 0 Å². The van der Waals surface area contributed by atoms with E-state index >= 15 is 0 Å². The van der Waals surface area contributed by atoms with Gasteiger partial charge in [0.2, 0.25) is 5.78 Å². The summed E-state index contributed by atoms with van der Waals surface area (Å²) in [4.78, 5) is 13.3. The van der Waals surface area contributed by atoms with E-state index in [-0.39, 0.29) is 11.8 Å². The molecule has 29 heavy (non-hydrogen) atoms. The first kappa shape index (κ1) is 18.1. The topological polar surface area (TPSA) is 41.9 Å². The highest BCUT2D eigenvalue weighted by Crippen LogP contribution is 2.43. The van der Waals surface area contributed by atoms with Crippen LogP contribution in [0.2, 0.25) is 0 Å². The molecule has 5 heteroatoms. The number of fused-ring (bicyclic) bond motifs is 3. The van der Waals surface area contributed by atoms with Gasteiger partial charge in [0.05, 0.1) is 11.8 Å². The molecule has 0 radical (unpaired) electrons. The van der Waals surface area contributed by atoms with Crippen LogP contribution in [0, 0.1) is 6.92 Å². The summed E-state index contributed by atoms with van der Waals surface area (Å²) in [5.41, 5.74) is 4.94. The number of nitrogens with zero attached hydrogens (tertiary/aromatic N) is 2. The minimum absolute atomic E-state index is 0.0133. The van der Waals surface area contributed by atoms with Crippen molar-refractivity contribution in [1.29, 1.82) is 0 Å². The van der Waals surface area contributed by atoms with Crippen LogP contribution in [0.25, 0.3) is 0 Å². The third-order valence-electron chi connectivity index (χ3n) is 5.44. The maximum atomic E-state index is 13.3. The molecule has 0 saturated carbocycles. The first-order valence-corrected chi connectivity index (χ1v) is 10.4. The average molecular weight is 447 g/mol. The zero-order valence-corrected chi connectivity index (χ0v) is 17.5. The molecule has 0 aromatic heterocycles. The molecule has 3 aromatic carbocycles. The second-order valence-electron chi connectivity index (χ2n) is 7.39. The number of aryl methyl sites for hydroxylation is 1. The fraction of sp³-hybridized carbons (Fsp3) is 0.167. The summed E-state index contributed by atoms with van der Waals surface area (Å²) >= 11 is 3.42. The molecule has 2 aliphatic heterocycles. The van der Waals surface area contributed by atoms with Crippen molar-refractivity contribution < 1.29 is 9.53 Å². The van der Waals surface area contributed by atoms with E-state index in [0.717, 1.165) is 33.5 Å². The van der Waals surface area contributed by atoms with Crippen molar-refractivity contribution in [2.24, 2.45) is 5.10 Å². The number of carbonyl (C=O) groups excluding carboxylic acids is 1. The molecule has 0 bridgehead atoms. The summed E-state index contributed by atoms with van der Waals surface area (Å²) in [6.45, 7) is 2.07. The van der Waals surface area contributed by atoms with Crippen molar-refractivity contribution in [3.8, 4) is 5.75 Å². The van der Waals surface area contributed by atoms with E-state index in [1.54, 1.807) is 0 Å². The van der Waals surface area contributed by atoms with Crippen LogP contribution >= 0.6 is 15.9 Å². The number of halogens is 1. The van der Waals surface area contributed by atoms with Crippen molar-refractivity contribution in [2.45, 2.75) is 25.6 Å². The Kier molecular flexibility index (Phi) is 4.47. The third-order valence-corrected chi connectivity index (χ3v) is 5.97. The molecule has 0 unspecified atom stereocenters. The second kappa shape index (κ2) is 7.16. The Morgan fingerprint density at radius 1 is 1.03 bits per heavy atom. The van der Waals surface area contributed by atoms with Gasteiger partial charge in [-0.15, -0.1) is 0 Å². The largest absolute Gasteiger partial charge is 0.461 e. The van der Waals surface area contributed by atoms with E-state index in [2.05, 4.69) is 53.2 Å². The number of hydrogen-bond acceptors (Lipinski definition) is 4.